The number of hydrogen-bond donors (Lipinski definition) is 1. The SMILES string of the molecule is CC(C)(C)c1cc(CCc2nncs2)cc(C(C)(C)C)c1O. The third kappa shape index (κ3) is 3.86. The Labute approximate surface area is 137 Å². The number of benzene rings is 1. The van der Waals surface area contributed by atoms with Gasteiger partial charge in [0.2, 0.25) is 0 Å². The molecule has 2 aromatic rings. The van der Waals surface area contributed by atoms with E-state index in [1.807, 2.05) is 0 Å². The Morgan fingerprint density at radius 1 is 0.955 bits per heavy atom. The summed E-state index contributed by atoms with van der Waals surface area (Å²) in [5.41, 5.74) is 4.90. The van der Waals surface area contributed by atoms with Gasteiger partial charge in [0.15, 0.2) is 0 Å². The summed E-state index contributed by atoms with van der Waals surface area (Å²) in [5.74, 6) is 0.444. The van der Waals surface area contributed by atoms with Gasteiger partial charge < -0.3 is 5.11 Å². The summed E-state index contributed by atoms with van der Waals surface area (Å²) in [6, 6.07) is 4.29. The van der Waals surface area contributed by atoms with Crippen LogP contribution < -0.4 is 0 Å². The molecule has 1 aromatic heterocycles. The second-order valence-electron chi connectivity index (χ2n) is 7.87. The first-order valence-electron chi connectivity index (χ1n) is 7.71. The topological polar surface area (TPSA) is 46.0 Å². The summed E-state index contributed by atoms with van der Waals surface area (Å²) in [7, 11) is 0. The number of aromatic hydroxyl groups is 1. The molecule has 120 valence electrons. The van der Waals surface area contributed by atoms with Crippen molar-refractivity contribution in [3.63, 3.8) is 0 Å². The second-order valence-corrected chi connectivity index (χ2v) is 8.79. The van der Waals surface area contributed by atoms with Crippen LogP contribution in [0, 0.1) is 0 Å². The van der Waals surface area contributed by atoms with Crippen LogP contribution in [0.1, 0.15) is 63.2 Å². The minimum Gasteiger partial charge on any atom is -0.507 e. The molecule has 0 spiro atoms. The molecule has 0 unspecified atom stereocenters. The molecule has 1 N–H and O–H groups in total. The quantitative estimate of drug-likeness (QED) is 0.898. The van der Waals surface area contributed by atoms with Gasteiger partial charge in [-0.25, -0.2) is 0 Å². The normalized spacial score (nSPS) is 12.6. The van der Waals surface area contributed by atoms with Crippen LogP contribution in [0.15, 0.2) is 17.6 Å². The fourth-order valence-electron chi connectivity index (χ4n) is 2.54. The predicted molar refractivity (Wildman–Crippen MR) is 92.8 cm³/mol. The summed E-state index contributed by atoms with van der Waals surface area (Å²) in [6.45, 7) is 12.9. The van der Waals surface area contributed by atoms with Gasteiger partial charge in [0.25, 0.3) is 0 Å². The first kappa shape index (κ1) is 16.9. The molecule has 1 heterocycles. The van der Waals surface area contributed by atoms with Crippen molar-refractivity contribution in [2.75, 3.05) is 0 Å². The maximum absolute atomic E-state index is 10.7. The average molecular weight is 318 g/mol. The minimum absolute atomic E-state index is 0.0805. The first-order valence-corrected chi connectivity index (χ1v) is 8.59. The number of aryl methyl sites for hydroxylation is 2. The van der Waals surface area contributed by atoms with Crippen LogP contribution in [0.3, 0.4) is 0 Å². The lowest BCUT2D eigenvalue weighted by atomic mass is 9.78. The lowest BCUT2D eigenvalue weighted by Gasteiger charge is -2.28. The Hall–Kier alpha value is -1.42. The van der Waals surface area contributed by atoms with Crippen molar-refractivity contribution in [1.29, 1.82) is 0 Å². The van der Waals surface area contributed by atoms with E-state index in [1.165, 1.54) is 5.56 Å². The first-order chi connectivity index (χ1) is 10.1. The smallest absolute Gasteiger partial charge is 0.123 e. The molecule has 0 bridgehead atoms. The lowest BCUT2D eigenvalue weighted by molar-refractivity contribution is 0.422. The number of nitrogens with zero attached hydrogens (tertiary/aromatic N) is 2. The van der Waals surface area contributed by atoms with E-state index in [9.17, 15) is 5.11 Å². The van der Waals surface area contributed by atoms with Crippen LogP contribution in [0.4, 0.5) is 0 Å². The van der Waals surface area contributed by atoms with Crippen molar-refractivity contribution < 1.29 is 5.11 Å². The highest BCUT2D eigenvalue weighted by atomic mass is 32.1. The number of phenols is 1. The molecule has 0 aliphatic heterocycles. The third-order valence-electron chi connectivity index (χ3n) is 3.82. The zero-order valence-electron chi connectivity index (χ0n) is 14.4. The molecule has 0 aliphatic carbocycles. The van der Waals surface area contributed by atoms with Crippen molar-refractivity contribution in [3.05, 3.63) is 39.3 Å². The fourth-order valence-corrected chi connectivity index (χ4v) is 3.07. The molecule has 0 atom stereocenters. The number of phenolic OH excluding ortho intramolecular Hbond substituents is 1. The van der Waals surface area contributed by atoms with Crippen LogP contribution in [-0.2, 0) is 23.7 Å². The van der Waals surface area contributed by atoms with Crippen molar-refractivity contribution in [2.24, 2.45) is 0 Å². The van der Waals surface area contributed by atoms with Crippen LogP contribution in [0.25, 0.3) is 0 Å². The average Bonchev–Trinajstić information content (AvgIpc) is 2.87. The molecular formula is C18H26N2OS. The number of aromatic nitrogens is 2. The Morgan fingerprint density at radius 3 is 1.91 bits per heavy atom. The van der Waals surface area contributed by atoms with Crippen molar-refractivity contribution in [2.45, 2.75) is 65.2 Å². The highest BCUT2D eigenvalue weighted by molar-refractivity contribution is 7.09. The van der Waals surface area contributed by atoms with E-state index in [0.717, 1.165) is 29.0 Å². The summed E-state index contributed by atoms with van der Waals surface area (Å²) in [5, 5.41) is 19.8. The Morgan fingerprint density at radius 2 is 1.50 bits per heavy atom. The Balaban J connectivity index is 2.41. The van der Waals surface area contributed by atoms with E-state index in [2.05, 4.69) is 63.9 Å². The van der Waals surface area contributed by atoms with E-state index in [-0.39, 0.29) is 10.8 Å². The molecular weight excluding hydrogens is 292 g/mol. The molecule has 2 rings (SSSR count). The molecule has 0 saturated carbocycles. The van der Waals surface area contributed by atoms with Crippen molar-refractivity contribution in [3.8, 4) is 5.75 Å². The van der Waals surface area contributed by atoms with Gasteiger partial charge in [0.05, 0.1) is 0 Å². The van der Waals surface area contributed by atoms with Gasteiger partial charge in [-0.3, -0.25) is 0 Å². The monoisotopic (exact) mass is 318 g/mol. The maximum Gasteiger partial charge on any atom is 0.123 e. The minimum atomic E-state index is -0.0805. The van der Waals surface area contributed by atoms with Crippen LogP contribution in [-0.4, -0.2) is 15.3 Å². The van der Waals surface area contributed by atoms with E-state index >= 15 is 0 Å². The highest BCUT2D eigenvalue weighted by Gasteiger charge is 2.26. The molecule has 0 aliphatic rings. The van der Waals surface area contributed by atoms with Gasteiger partial charge in [-0.2, -0.15) is 0 Å². The standard InChI is InChI=1S/C18H26N2OS/c1-17(2,3)13-9-12(7-8-15-20-19-11-22-15)10-14(16(13)21)18(4,5)6/h9-11,21H,7-8H2,1-6H3. The molecule has 4 heteroatoms. The van der Waals surface area contributed by atoms with Gasteiger partial charge in [0, 0.05) is 6.42 Å². The molecule has 0 radical (unpaired) electrons. The van der Waals surface area contributed by atoms with Gasteiger partial charge >= 0.3 is 0 Å². The molecule has 22 heavy (non-hydrogen) atoms. The van der Waals surface area contributed by atoms with E-state index in [0.29, 0.717) is 5.75 Å². The Bertz CT molecular complexity index is 599. The zero-order valence-corrected chi connectivity index (χ0v) is 15.2. The zero-order chi connectivity index (χ0) is 16.5. The van der Waals surface area contributed by atoms with Crippen LogP contribution >= 0.6 is 11.3 Å². The third-order valence-corrected chi connectivity index (χ3v) is 4.58. The van der Waals surface area contributed by atoms with Gasteiger partial charge in [0.1, 0.15) is 16.3 Å². The summed E-state index contributed by atoms with van der Waals surface area (Å²) >= 11 is 1.59. The number of hydrogen-bond acceptors (Lipinski definition) is 4. The molecule has 0 fully saturated rings. The Kier molecular flexibility index (Phi) is 4.62. The fraction of sp³-hybridized carbons (Fsp3) is 0.556. The predicted octanol–water partition coefficient (Wildman–Crippen LogP) is 4.62. The van der Waals surface area contributed by atoms with Crippen LogP contribution in [0.5, 0.6) is 5.75 Å². The summed E-state index contributed by atoms with van der Waals surface area (Å²) in [6.07, 6.45) is 1.81. The van der Waals surface area contributed by atoms with Crippen LogP contribution in [0.2, 0.25) is 0 Å². The van der Waals surface area contributed by atoms with Crippen molar-refractivity contribution in [1.82, 2.24) is 10.2 Å². The van der Waals surface area contributed by atoms with E-state index < -0.39 is 0 Å². The molecule has 1 aromatic carbocycles. The summed E-state index contributed by atoms with van der Waals surface area (Å²) < 4.78 is 0. The lowest BCUT2D eigenvalue weighted by Crippen LogP contribution is -2.18. The van der Waals surface area contributed by atoms with E-state index in [1.54, 1.807) is 16.8 Å². The molecule has 3 nitrogen and oxygen atoms in total. The van der Waals surface area contributed by atoms with Gasteiger partial charge in [-0.05, 0) is 33.9 Å². The largest absolute Gasteiger partial charge is 0.507 e. The second kappa shape index (κ2) is 5.99. The highest BCUT2D eigenvalue weighted by Crippen LogP contribution is 2.39. The van der Waals surface area contributed by atoms with Crippen molar-refractivity contribution >= 4 is 11.3 Å². The number of rotatable bonds is 3. The molecule has 0 amide bonds. The van der Waals surface area contributed by atoms with Gasteiger partial charge in [-0.15, -0.1) is 21.5 Å². The van der Waals surface area contributed by atoms with Gasteiger partial charge in [-0.1, -0.05) is 53.7 Å². The summed E-state index contributed by atoms with van der Waals surface area (Å²) in [4.78, 5) is 0. The molecule has 0 saturated heterocycles. The van der Waals surface area contributed by atoms with E-state index in [4.69, 9.17) is 0 Å². The maximum atomic E-state index is 10.7.